The molecule has 0 bridgehead atoms. The molecule has 0 unspecified atom stereocenters. The Morgan fingerprint density at radius 3 is 2.52 bits per heavy atom. The average Bonchev–Trinajstić information content (AvgIpc) is 3.14. The van der Waals surface area contributed by atoms with Gasteiger partial charge in [-0.1, -0.05) is 18.2 Å². The number of aromatic nitrogens is 2. The lowest BCUT2D eigenvalue weighted by molar-refractivity contribution is 0.0662. The number of ether oxygens (including phenoxy) is 1. The number of rotatable bonds is 6. The lowest BCUT2D eigenvalue weighted by Crippen LogP contribution is -2.27. The van der Waals surface area contributed by atoms with Gasteiger partial charge in [0.05, 0.1) is 11.4 Å². The molecule has 2 aromatic carbocycles. The first kappa shape index (κ1) is 17.9. The van der Waals surface area contributed by atoms with E-state index in [1.165, 1.54) is 12.1 Å². The van der Waals surface area contributed by atoms with Crippen molar-refractivity contribution in [3.63, 3.8) is 0 Å². The van der Waals surface area contributed by atoms with E-state index in [0.717, 1.165) is 61.7 Å². The van der Waals surface area contributed by atoms with Gasteiger partial charge in [-0.25, -0.2) is 9.07 Å². The predicted octanol–water partition coefficient (Wildman–Crippen LogP) is 4.19. The average molecular weight is 365 g/mol. The summed E-state index contributed by atoms with van der Waals surface area (Å²) in [4.78, 5) is 0. The molecule has 0 aliphatic carbocycles. The van der Waals surface area contributed by atoms with Crippen LogP contribution in [0.1, 0.15) is 18.4 Å². The summed E-state index contributed by atoms with van der Waals surface area (Å²) in [6.07, 6.45) is 4.28. The van der Waals surface area contributed by atoms with Gasteiger partial charge in [0, 0.05) is 37.1 Å². The van der Waals surface area contributed by atoms with Crippen molar-refractivity contribution in [2.75, 3.05) is 19.8 Å². The van der Waals surface area contributed by atoms with Crippen LogP contribution >= 0.6 is 0 Å². The fraction of sp³-hybridized carbons (Fsp3) is 0.318. The van der Waals surface area contributed by atoms with Crippen LogP contribution in [0.4, 0.5) is 4.39 Å². The zero-order chi connectivity index (χ0) is 18.5. The second-order valence-electron chi connectivity index (χ2n) is 6.98. The van der Waals surface area contributed by atoms with Gasteiger partial charge < -0.3 is 10.1 Å². The molecule has 3 aromatic rings. The van der Waals surface area contributed by atoms with Gasteiger partial charge in [0.15, 0.2) is 0 Å². The van der Waals surface area contributed by atoms with E-state index >= 15 is 0 Å². The van der Waals surface area contributed by atoms with Gasteiger partial charge in [0.1, 0.15) is 5.82 Å². The Bertz CT molecular complexity index is 855. The van der Waals surface area contributed by atoms with E-state index in [9.17, 15) is 4.39 Å². The summed E-state index contributed by atoms with van der Waals surface area (Å²) in [6.45, 7) is 3.43. The molecule has 4 rings (SSSR count). The van der Waals surface area contributed by atoms with Crippen LogP contribution in [0.5, 0.6) is 0 Å². The smallest absolute Gasteiger partial charge is 0.123 e. The number of halogens is 1. The molecule has 1 N–H and O–H groups in total. The van der Waals surface area contributed by atoms with Crippen LogP contribution in [0.25, 0.3) is 16.9 Å². The molecule has 140 valence electrons. The third-order valence-electron chi connectivity index (χ3n) is 5.02. The molecule has 0 spiro atoms. The largest absolute Gasteiger partial charge is 0.381 e. The van der Waals surface area contributed by atoms with E-state index in [4.69, 9.17) is 9.84 Å². The van der Waals surface area contributed by atoms with Crippen molar-refractivity contribution in [1.29, 1.82) is 0 Å². The van der Waals surface area contributed by atoms with Crippen LogP contribution in [-0.4, -0.2) is 29.5 Å². The van der Waals surface area contributed by atoms with Crippen molar-refractivity contribution in [3.05, 3.63) is 72.2 Å². The van der Waals surface area contributed by atoms with Crippen LogP contribution in [0.15, 0.2) is 60.8 Å². The number of hydrogen-bond acceptors (Lipinski definition) is 3. The van der Waals surface area contributed by atoms with Crippen molar-refractivity contribution in [3.8, 4) is 16.9 Å². The zero-order valence-electron chi connectivity index (χ0n) is 15.3. The Hall–Kier alpha value is -2.50. The predicted molar refractivity (Wildman–Crippen MR) is 104 cm³/mol. The fourth-order valence-electron chi connectivity index (χ4n) is 3.46. The number of hydrogen-bond donors (Lipinski definition) is 1. The molecule has 0 amide bonds. The quantitative estimate of drug-likeness (QED) is 0.712. The molecule has 1 aliphatic rings. The minimum atomic E-state index is -0.236. The second-order valence-corrected chi connectivity index (χ2v) is 6.98. The van der Waals surface area contributed by atoms with Crippen molar-refractivity contribution >= 4 is 0 Å². The van der Waals surface area contributed by atoms with Crippen LogP contribution < -0.4 is 5.32 Å². The maximum absolute atomic E-state index is 13.3. The fourth-order valence-corrected chi connectivity index (χ4v) is 3.46. The highest BCUT2D eigenvalue weighted by atomic mass is 19.1. The van der Waals surface area contributed by atoms with Gasteiger partial charge in [0.2, 0.25) is 0 Å². The topological polar surface area (TPSA) is 39.1 Å². The molecular weight excluding hydrogens is 341 g/mol. The summed E-state index contributed by atoms with van der Waals surface area (Å²) in [5.74, 6) is 0.428. The third kappa shape index (κ3) is 4.43. The first-order valence-corrected chi connectivity index (χ1v) is 9.48. The minimum Gasteiger partial charge on any atom is -0.381 e. The van der Waals surface area contributed by atoms with Crippen LogP contribution in [-0.2, 0) is 11.3 Å². The Balaban J connectivity index is 1.56. The van der Waals surface area contributed by atoms with E-state index in [1.807, 2.05) is 35.0 Å². The van der Waals surface area contributed by atoms with Crippen molar-refractivity contribution in [2.24, 2.45) is 5.92 Å². The highest BCUT2D eigenvalue weighted by Crippen LogP contribution is 2.24. The van der Waals surface area contributed by atoms with Gasteiger partial charge in [0.25, 0.3) is 0 Å². The Kier molecular flexibility index (Phi) is 5.61. The van der Waals surface area contributed by atoms with Crippen LogP contribution in [0.2, 0.25) is 0 Å². The maximum Gasteiger partial charge on any atom is 0.123 e. The Morgan fingerprint density at radius 1 is 1.04 bits per heavy atom. The lowest BCUT2D eigenvalue weighted by Gasteiger charge is -2.22. The van der Waals surface area contributed by atoms with E-state index in [1.54, 1.807) is 12.1 Å². The minimum absolute atomic E-state index is 0.236. The molecule has 1 aliphatic heterocycles. The number of benzene rings is 2. The van der Waals surface area contributed by atoms with E-state index in [2.05, 4.69) is 11.5 Å². The molecule has 5 heteroatoms. The lowest BCUT2D eigenvalue weighted by atomic mass is 10.0. The van der Waals surface area contributed by atoms with E-state index in [-0.39, 0.29) is 5.82 Å². The first-order valence-electron chi connectivity index (χ1n) is 9.48. The molecule has 0 saturated carbocycles. The van der Waals surface area contributed by atoms with Crippen molar-refractivity contribution < 1.29 is 9.13 Å². The second kappa shape index (κ2) is 8.46. The molecule has 0 radical (unpaired) electrons. The van der Waals surface area contributed by atoms with Gasteiger partial charge >= 0.3 is 0 Å². The third-order valence-corrected chi connectivity index (χ3v) is 5.02. The van der Waals surface area contributed by atoms with Gasteiger partial charge in [-0.05, 0) is 61.7 Å². The van der Waals surface area contributed by atoms with Gasteiger partial charge in [-0.3, -0.25) is 0 Å². The number of nitrogens with zero attached hydrogens (tertiary/aromatic N) is 2. The van der Waals surface area contributed by atoms with Gasteiger partial charge in [-0.2, -0.15) is 5.10 Å². The van der Waals surface area contributed by atoms with Gasteiger partial charge in [-0.15, -0.1) is 0 Å². The normalized spacial score (nSPS) is 15.1. The number of nitrogens with one attached hydrogen (secondary N) is 1. The summed E-state index contributed by atoms with van der Waals surface area (Å²) in [5.41, 5.74) is 3.93. The van der Waals surface area contributed by atoms with E-state index < -0.39 is 0 Å². The zero-order valence-corrected chi connectivity index (χ0v) is 15.3. The van der Waals surface area contributed by atoms with E-state index in [0.29, 0.717) is 5.92 Å². The summed E-state index contributed by atoms with van der Waals surface area (Å²) in [5, 5.41) is 8.35. The summed E-state index contributed by atoms with van der Waals surface area (Å²) in [6, 6.07) is 16.6. The molecular formula is C22H24FN3O. The molecule has 1 aromatic heterocycles. The Labute approximate surface area is 159 Å². The monoisotopic (exact) mass is 365 g/mol. The van der Waals surface area contributed by atoms with Crippen LogP contribution in [0.3, 0.4) is 0 Å². The highest BCUT2D eigenvalue weighted by molar-refractivity contribution is 5.63. The van der Waals surface area contributed by atoms with Crippen molar-refractivity contribution in [1.82, 2.24) is 15.1 Å². The maximum atomic E-state index is 13.3. The summed E-state index contributed by atoms with van der Waals surface area (Å²) >= 11 is 0. The van der Waals surface area contributed by atoms with Crippen molar-refractivity contribution in [2.45, 2.75) is 19.4 Å². The number of para-hydroxylation sites is 1. The van der Waals surface area contributed by atoms with Crippen LogP contribution in [0, 0.1) is 11.7 Å². The summed E-state index contributed by atoms with van der Waals surface area (Å²) < 4.78 is 20.7. The SMILES string of the molecule is Fc1ccc(-c2nn(-c3ccccc3)cc2CNCC2CCOCC2)cc1. The summed E-state index contributed by atoms with van der Waals surface area (Å²) in [7, 11) is 0. The molecule has 2 heterocycles. The molecule has 0 atom stereocenters. The molecule has 27 heavy (non-hydrogen) atoms. The Morgan fingerprint density at radius 2 is 1.78 bits per heavy atom. The molecule has 1 saturated heterocycles. The standard InChI is InChI=1S/C22H24FN3O/c23-20-8-6-18(7-9-20)22-19(15-24-14-17-10-12-27-13-11-17)16-26(25-22)21-4-2-1-3-5-21/h1-9,16-17,24H,10-15H2. The highest BCUT2D eigenvalue weighted by Gasteiger charge is 2.15. The first-order chi connectivity index (χ1) is 13.3. The molecule has 4 nitrogen and oxygen atoms in total. The molecule has 1 fully saturated rings.